The van der Waals surface area contributed by atoms with E-state index in [0.29, 0.717) is 0 Å². The smallest absolute Gasteiger partial charge is 0.354 e. The van der Waals surface area contributed by atoms with E-state index >= 15 is 0 Å². The number of amides is 1. The molecule has 1 aliphatic heterocycles. The molecule has 0 spiro atoms. The largest absolute Gasteiger partial charge is 0.461 e. The van der Waals surface area contributed by atoms with E-state index in [-0.39, 0.29) is 30.0 Å². The summed E-state index contributed by atoms with van der Waals surface area (Å²) in [5.41, 5.74) is -2.99. The number of carbonyl (C=O) groups excluding carboxylic acids is 2. The molecular weight excluding hydrogens is 342 g/mol. The lowest BCUT2D eigenvalue weighted by molar-refractivity contribution is -0.384. The molecule has 0 saturated carbocycles. The highest BCUT2D eigenvalue weighted by molar-refractivity contribution is 6.37. The summed E-state index contributed by atoms with van der Waals surface area (Å²) in [5, 5.41) is 26.9. The number of hydrazone groups is 1. The number of hydrogen-bond acceptors (Lipinski definition) is 7. The van der Waals surface area contributed by atoms with Crippen molar-refractivity contribution in [2.45, 2.75) is 39.8 Å². The van der Waals surface area contributed by atoms with E-state index in [0.717, 1.165) is 11.1 Å². The van der Waals surface area contributed by atoms with Gasteiger partial charge in [0.1, 0.15) is 0 Å². The summed E-state index contributed by atoms with van der Waals surface area (Å²) in [4.78, 5) is 35.2. The van der Waals surface area contributed by atoms with Crippen molar-refractivity contribution in [3.8, 4) is 0 Å². The van der Waals surface area contributed by atoms with Gasteiger partial charge in [0.15, 0.2) is 11.4 Å². The van der Waals surface area contributed by atoms with Gasteiger partial charge < -0.3 is 9.84 Å². The van der Waals surface area contributed by atoms with Crippen LogP contribution in [0.15, 0.2) is 29.4 Å². The predicted octanol–water partition coefficient (Wildman–Crippen LogP) is 2.09. The van der Waals surface area contributed by atoms with Gasteiger partial charge in [0.25, 0.3) is 11.6 Å². The Kier molecular flexibility index (Phi) is 5.13. The van der Waals surface area contributed by atoms with Crippen molar-refractivity contribution < 1.29 is 24.4 Å². The molecule has 1 aliphatic rings. The molecule has 9 heteroatoms. The van der Waals surface area contributed by atoms with Crippen LogP contribution in [-0.2, 0) is 9.53 Å². The number of non-ortho nitro benzene ring substituents is 1. The fraction of sp³-hybridized carbons (Fsp3) is 0.471. The minimum absolute atomic E-state index is 0.0178. The molecule has 1 aromatic carbocycles. The number of nitrogens with zero attached hydrogens (tertiary/aromatic N) is 3. The number of hydrogen-bond donors (Lipinski definition) is 1. The number of ether oxygens (including phenoxy) is 1. The normalized spacial score (nSPS) is 19.9. The van der Waals surface area contributed by atoms with E-state index in [1.54, 1.807) is 27.7 Å². The van der Waals surface area contributed by atoms with Crippen LogP contribution in [0.1, 0.15) is 44.5 Å². The summed E-state index contributed by atoms with van der Waals surface area (Å²) in [5.74, 6) is -1.46. The van der Waals surface area contributed by atoms with Gasteiger partial charge >= 0.3 is 5.97 Å². The molecular formula is C17H21N3O6. The van der Waals surface area contributed by atoms with Gasteiger partial charge in [-0.1, -0.05) is 26.8 Å². The number of nitro groups is 1. The van der Waals surface area contributed by atoms with Gasteiger partial charge in [0, 0.05) is 29.5 Å². The number of esters is 1. The van der Waals surface area contributed by atoms with E-state index in [1.807, 2.05) is 0 Å². The minimum atomic E-state index is -1.78. The molecule has 0 aromatic heterocycles. The van der Waals surface area contributed by atoms with Crippen molar-refractivity contribution in [2.75, 3.05) is 6.61 Å². The molecule has 1 heterocycles. The summed E-state index contributed by atoms with van der Waals surface area (Å²) < 4.78 is 4.91. The molecule has 26 heavy (non-hydrogen) atoms. The van der Waals surface area contributed by atoms with E-state index in [2.05, 4.69) is 5.10 Å². The maximum atomic E-state index is 12.9. The van der Waals surface area contributed by atoms with Crippen LogP contribution in [0.4, 0.5) is 5.69 Å². The van der Waals surface area contributed by atoms with Crippen molar-refractivity contribution in [2.24, 2.45) is 10.5 Å². The van der Waals surface area contributed by atoms with Crippen LogP contribution in [0, 0.1) is 15.5 Å². The fourth-order valence-electron chi connectivity index (χ4n) is 2.55. The average molecular weight is 363 g/mol. The zero-order chi connectivity index (χ0) is 19.7. The third-order valence-corrected chi connectivity index (χ3v) is 4.19. The first-order valence-corrected chi connectivity index (χ1v) is 8.07. The number of nitro benzene ring substituents is 1. The molecule has 1 unspecified atom stereocenters. The molecule has 0 aliphatic carbocycles. The first-order valence-electron chi connectivity index (χ1n) is 8.07. The maximum Gasteiger partial charge on any atom is 0.354 e. The topological polar surface area (TPSA) is 122 Å². The lowest BCUT2D eigenvalue weighted by atomic mass is 9.80. The van der Waals surface area contributed by atoms with E-state index in [9.17, 15) is 24.8 Å². The number of benzene rings is 1. The quantitative estimate of drug-likeness (QED) is 0.496. The van der Waals surface area contributed by atoms with Gasteiger partial charge in [0.2, 0.25) is 0 Å². The van der Waals surface area contributed by atoms with E-state index in [4.69, 9.17) is 4.74 Å². The van der Waals surface area contributed by atoms with Gasteiger partial charge in [-0.05, 0) is 13.0 Å². The van der Waals surface area contributed by atoms with Crippen LogP contribution >= 0.6 is 0 Å². The third kappa shape index (κ3) is 3.43. The Labute approximate surface area is 150 Å². The summed E-state index contributed by atoms with van der Waals surface area (Å²) in [6.07, 6.45) is -0.198. The molecule has 1 N–H and O–H groups in total. The van der Waals surface area contributed by atoms with Crippen molar-refractivity contribution in [3.63, 3.8) is 0 Å². The van der Waals surface area contributed by atoms with Gasteiger partial charge in [0.05, 0.1) is 11.5 Å². The molecule has 9 nitrogen and oxygen atoms in total. The van der Waals surface area contributed by atoms with Crippen LogP contribution in [-0.4, -0.2) is 45.0 Å². The van der Waals surface area contributed by atoms with Crippen molar-refractivity contribution in [3.05, 3.63) is 39.9 Å². The standard InChI is InChI=1S/C17H21N3O6/c1-5-26-15(22)13-10-17(23,16(2,3)4)19(18-13)14(21)11-7-6-8-12(9-11)20(24)25/h6-9,23H,5,10H2,1-4H3. The lowest BCUT2D eigenvalue weighted by Gasteiger charge is -2.41. The Balaban J connectivity index is 2.47. The first-order chi connectivity index (χ1) is 12.0. The predicted molar refractivity (Wildman–Crippen MR) is 92.4 cm³/mol. The molecule has 0 bridgehead atoms. The van der Waals surface area contributed by atoms with Crippen molar-refractivity contribution in [1.82, 2.24) is 5.01 Å². The SMILES string of the molecule is CCOC(=O)C1=NN(C(=O)c2cccc([N+](=O)[O-])c2)C(O)(C(C)(C)C)C1. The fourth-order valence-corrected chi connectivity index (χ4v) is 2.55. The third-order valence-electron chi connectivity index (χ3n) is 4.19. The van der Waals surface area contributed by atoms with Crippen molar-refractivity contribution in [1.29, 1.82) is 0 Å². The van der Waals surface area contributed by atoms with Gasteiger partial charge in [-0.3, -0.25) is 14.9 Å². The first kappa shape index (κ1) is 19.5. The summed E-state index contributed by atoms with van der Waals surface area (Å²) in [6.45, 7) is 6.86. The second kappa shape index (κ2) is 6.83. The Bertz CT molecular complexity index is 783. The number of aliphatic hydroxyl groups is 1. The van der Waals surface area contributed by atoms with E-state index in [1.165, 1.54) is 18.2 Å². The Morgan fingerprint density at radius 3 is 2.62 bits per heavy atom. The molecule has 140 valence electrons. The van der Waals surface area contributed by atoms with Gasteiger partial charge in [-0.15, -0.1) is 0 Å². The molecule has 0 radical (unpaired) electrons. The van der Waals surface area contributed by atoms with E-state index < -0.39 is 27.9 Å². The molecule has 0 fully saturated rings. The van der Waals surface area contributed by atoms with Crippen LogP contribution in [0.3, 0.4) is 0 Å². The van der Waals surface area contributed by atoms with Crippen LogP contribution in [0.5, 0.6) is 0 Å². The zero-order valence-electron chi connectivity index (χ0n) is 15.1. The second-order valence-corrected chi connectivity index (χ2v) is 6.93. The van der Waals surface area contributed by atoms with Crippen LogP contribution < -0.4 is 0 Å². The highest BCUT2D eigenvalue weighted by Gasteiger charge is 2.54. The summed E-state index contributed by atoms with van der Waals surface area (Å²) in [7, 11) is 0. The van der Waals surface area contributed by atoms with Gasteiger partial charge in [-0.25, -0.2) is 4.79 Å². The average Bonchev–Trinajstić information content (AvgIpc) is 2.93. The molecule has 1 aromatic rings. The van der Waals surface area contributed by atoms with Crippen molar-refractivity contribution >= 4 is 23.3 Å². The van der Waals surface area contributed by atoms with Crippen LogP contribution in [0.2, 0.25) is 0 Å². The maximum absolute atomic E-state index is 12.9. The lowest BCUT2D eigenvalue weighted by Crippen LogP contribution is -2.55. The molecule has 0 saturated heterocycles. The number of carbonyl (C=O) groups is 2. The Morgan fingerprint density at radius 1 is 1.42 bits per heavy atom. The molecule has 1 atom stereocenters. The highest BCUT2D eigenvalue weighted by atomic mass is 16.6. The number of rotatable bonds is 4. The second-order valence-electron chi connectivity index (χ2n) is 6.93. The zero-order valence-corrected chi connectivity index (χ0v) is 15.1. The minimum Gasteiger partial charge on any atom is -0.461 e. The van der Waals surface area contributed by atoms with Gasteiger partial charge in [-0.2, -0.15) is 10.1 Å². The Morgan fingerprint density at radius 2 is 2.08 bits per heavy atom. The van der Waals surface area contributed by atoms with Crippen LogP contribution in [0.25, 0.3) is 0 Å². The Hall–Kier alpha value is -2.81. The summed E-state index contributed by atoms with van der Waals surface area (Å²) in [6, 6.07) is 5.11. The molecule has 1 amide bonds. The molecule has 2 rings (SSSR count). The highest BCUT2D eigenvalue weighted by Crippen LogP contribution is 2.41. The monoisotopic (exact) mass is 363 g/mol. The summed E-state index contributed by atoms with van der Waals surface area (Å²) >= 11 is 0.